The Balaban J connectivity index is 2.40. The lowest BCUT2D eigenvalue weighted by Crippen LogP contribution is -2.18. The van der Waals surface area contributed by atoms with Gasteiger partial charge in [0.2, 0.25) is 6.08 Å². The van der Waals surface area contributed by atoms with Gasteiger partial charge in [0.15, 0.2) is 0 Å². The van der Waals surface area contributed by atoms with E-state index in [4.69, 9.17) is 11.6 Å². The van der Waals surface area contributed by atoms with Crippen molar-refractivity contribution in [3.63, 3.8) is 0 Å². The largest absolute Gasteiger partial charge is 0.235 e. The molecule has 78 valence electrons. The molecule has 0 amide bonds. The number of hydrogen-bond donors (Lipinski definition) is 0. The maximum absolute atomic E-state index is 10.5. The third-order valence-corrected chi connectivity index (χ3v) is 3.32. The van der Waals surface area contributed by atoms with Crippen molar-refractivity contribution in [2.45, 2.75) is 31.2 Å². The van der Waals surface area contributed by atoms with Crippen LogP contribution < -0.4 is 0 Å². The number of aliphatic imine (C=N–C) groups is 1. The second-order valence-electron chi connectivity index (χ2n) is 3.95. The Morgan fingerprint density at radius 3 is 2.33 bits per heavy atom. The van der Waals surface area contributed by atoms with Gasteiger partial charge in [-0.05, 0) is 30.5 Å². The van der Waals surface area contributed by atoms with Crippen LogP contribution in [0.15, 0.2) is 29.3 Å². The van der Waals surface area contributed by atoms with Gasteiger partial charge in [0.1, 0.15) is 0 Å². The van der Waals surface area contributed by atoms with E-state index in [0.29, 0.717) is 5.02 Å². The number of nitrogens with zero attached hydrogens (tertiary/aromatic N) is 1. The minimum Gasteiger partial charge on any atom is -0.211 e. The summed E-state index contributed by atoms with van der Waals surface area (Å²) in [5.74, 6) is 0. The quantitative estimate of drug-likeness (QED) is 0.556. The van der Waals surface area contributed by atoms with Gasteiger partial charge in [0, 0.05) is 5.02 Å². The Kier molecular flexibility index (Phi) is 2.90. The summed E-state index contributed by atoms with van der Waals surface area (Å²) in [4.78, 5) is 14.5. The topological polar surface area (TPSA) is 29.4 Å². The van der Waals surface area contributed by atoms with E-state index in [1.807, 2.05) is 24.3 Å². The van der Waals surface area contributed by atoms with Crippen LogP contribution in [0.2, 0.25) is 5.02 Å². The first-order valence-corrected chi connectivity index (χ1v) is 5.50. The first-order chi connectivity index (χ1) is 7.27. The van der Waals surface area contributed by atoms with Gasteiger partial charge in [-0.15, -0.1) is 0 Å². The van der Waals surface area contributed by atoms with Gasteiger partial charge < -0.3 is 0 Å². The van der Waals surface area contributed by atoms with Crippen molar-refractivity contribution >= 4 is 17.7 Å². The van der Waals surface area contributed by atoms with E-state index in [-0.39, 0.29) is 5.54 Å². The van der Waals surface area contributed by atoms with Gasteiger partial charge in [-0.2, -0.15) is 4.99 Å². The van der Waals surface area contributed by atoms with Crippen LogP contribution in [0.25, 0.3) is 0 Å². The molecule has 0 unspecified atom stereocenters. The summed E-state index contributed by atoms with van der Waals surface area (Å²) in [5.41, 5.74) is 0.750. The maximum Gasteiger partial charge on any atom is 0.235 e. The van der Waals surface area contributed by atoms with Crippen molar-refractivity contribution in [2.75, 3.05) is 0 Å². The molecule has 0 radical (unpaired) electrons. The van der Waals surface area contributed by atoms with E-state index in [2.05, 4.69) is 4.99 Å². The van der Waals surface area contributed by atoms with E-state index >= 15 is 0 Å². The van der Waals surface area contributed by atoms with Gasteiger partial charge in [0.25, 0.3) is 0 Å². The molecule has 0 aromatic heterocycles. The number of benzene rings is 1. The summed E-state index contributed by atoms with van der Waals surface area (Å²) in [6, 6.07) is 7.59. The molecule has 0 saturated heterocycles. The maximum atomic E-state index is 10.5. The normalized spacial score (nSPS) is 18.5. The van der Waals surface area contributed by atoms with Gasteiger partial charge >= 0.3 is 0 Å². The highest BCUT2D eigenvalue weighted by atomic mass is 35.5. The molecule has 0 heterocycles. The Morgan fingerprint density at radius 1 is 1.20 bits per heavy atom. The number of isocyanates is 1. The second-order valence-corrected chi connectivity index (χ2v) is 4.39. The van der Waals surface area contributed by atoms with Crippen molar-refractivity contribution in [3.8, 4) is 0 Å². The molecule has 1 aliphatic rings. The van der Waals surface area contributed by atoms with Gasteiger partial charge in [-0.25, -0.2) is 4.79 Å². The van der Waals surface area contributed by atoms with Crippen molar-refractivity contribution in [1.82, 2.24) is 0 Å². The fraction of sp³-hybridized carbons (Fsp3) is 0.417. The Hall–Kier alpha value is -1.11. The smallest absolute Gasteiger partial charge is 0.211 e. The number of halogens is 1. The monoisotopic (exact) mass is 221 g/mol. The molecular formula is C12H12ClNO. The van der Waals surface area contributed by atoms with Crippen LogP contribution in [0.3, 0.4) is 0 Å². The molecule has 2 rings (SSSR count). The molecule has 1 aromatic rings. The van der Waals surface area contributed by atoms with Crippen LogP contribution in [-0.2, 0) is 10.3 Å². The molecule has 2 nitrogen and oxygen atoms in total. The van der Waals surface area contributed by atoms with Crippen LogP contribution in [0.5, 0.6) is 0 Å². The minimum absolute atomic E-state index is 0.327. The molecule has 1 aromatic carbocycles. The van der Waals surface area contributed by atoms with Crippen molar-refractivity contribution in [2.24, 2.45) is 4.99 Å². The summed E-state index contributed by atoms with van der Waals surface area (Å²) in [6.07, 6.45) is 5.81. The van der Waals surface area contributed by atoms with Gasteiger partial charge in [0.05, 0.1) is 5.54 Å². The zero-order chi connectivity index (χ0) is 10.7. The van der Waals surface area contributed by atoms with Gasteiger partial charge in [-0.3, -0.25) is 0 Å². The average molecular weight is 222 g/mol. The van der Waals surface area contributed by atoms with Crippen LogP contribution in [0.1, 0.15) is 31.2 Å². The highest BCUT2D eigenvalue weighted by molar-refractivity contribution is 6.30. The summed E-state index contributed by atoms with van der Waals surface area (Å²) >= 11 is 5.83. The zero-order valence-electron chi connectivity index (χ0n) is 8.37. The fourth-order valence-corrected chi connectivity index (χ4v) is 2.40. The molecular weight excluding hydrogens is 210 g/mol. The Bertz CT molecular complexity index is 387. The summed E-state index contributed by atoms with van der Waals surface area (Å²) < 4.78 is 0. The minimum atomic E-state index is -0.327. The lowest BCUT2D eigenvalue weighted by molar-refractivity contribution is 0.456. The van der Waals surface area contributed by atoms with E-state index < -0.39 is 0 Å². The zero-order valence-corrected chi connectivity index (χ0v) is 9.13. The molecule has 1 saturated carbocycles. The molecule has 0 bridgehead atoms. The second kappa shape index (κ2) is 4.18. The van der Waals surface area contributed by atoms with E-state index in [1.165, 1.54) is 0 Å². The molecule has 1 aliphatic carbocycles. The van der Waals surface area contributed by atoms with Crippen LogP contribution in [-0.4, -0.2) is 6.08 Å². The highest BCUT2D eigenvalue weighted by Crippen LogP contribution is 2.42. The van der Waals surface area contributed by atoms with E-state index in [1.54, 1.807) is 6.08 Å². The van der Waals surface area contributed by atoms with Crippen LogP contribution in [0.4, 0.5) is 0 Å². The van der Waals surface area contributed by atoms with Crippen molar-refractivity contribution < 1.29 is 4.79 Å². The predicted molar refractivity (Wildman–Crippen MR) is 59.7 cm³/mol. The SMILES string of the molecule is O=C=NC1(c2ccc(Cl)cc2)CCCC1. The van der Waals surface area contributed by atoms with E-state index in [9.17, 15) is 4.79 Å². The lowest BCUT2D eigenvalue weighted by Gasteiger charge is -2.22. The molecule has 3 heteroatoms. The molecule has 15 heavy (non-hydrogen) atoms. The highest BCUT2D eigenvalue weighted by Gasteiger charge is 2.35. The average Bonchev–Trinajstić information content (AvgIpc) is 2.69. The Morgan fingerprint density at radius 2 is 1.80 bits per heavy atom. The summed E-state index contributed by atoms with van der Waals surface area (Å²) in [6.45, 7) is 0. The van der Waals surface area contributed by atoms with Crippen LogP contribution in [0, 0.1) is 0 Å². The summed E-state index contributed by atoms with van der Waals surface area (Å²) in [5, 5.41) is 0.710. The fourth-order valence-electron chi connectivity index (χ4n) is 2.27. The van der Waals surface area contributed by atoms with Crippen LogP contribution >= 0.6 is 11.6 Å². The standard InChI is InChI=1S/C12H12ClNO/c13-11-5-3-10(4-6-11)12(14-9-15)7-1-2-8-12/h3-6H,1-2,7-8H2. The molecule has 0 N–H and O–H groups in total. The third kappa shape index (κ3) is 1.97. The summed E-state index contributed by atoms with van der Waals surface area (Å²) in [7, 11) is 0. The number of carbonyl (C=O) groups excluding carboxylic acids is 1. The molecule has 0 aliphatic heterocycles. The van der Waals surface area contributed by atoms with Gasteiger partial charge in [-0.1, -0.05) is 36.6 Å². The first kappa shape index (κ1) is 10.4. The predicted octanol–water partition coefficient (Wildman–Crippen LogP) is 3.45. The lowest BCUT2D eigenvalue weighted by atomic mass is 9.89. The first-order valence-electron chi connectivity index (χ1n) is 5.12. The van der Waals surface area contributed by atoms with E-state index in [0.717, 1.165) is 31.2 Å². The third-order valence-electron chi connectivity index (χ3n) is 3.07. The van der Waals surface area contributed by atoms with Crippen molar-refractivity contribution in [1.29, 1.82) is 0 Å². The Labute approximate surface area is 94.0 Å². The number of rotatable bonds is 2. The molecule has 0 spiro atoms. The van der Waals surface area contributed by atoms with Crippen molar-refractivity contribution in [3.05, 3.63) is 34.9 Å². The number of hydrogen-bond acceptors (Lipinski definition) is 2. The molecule has 0 atom stereocenters. The molecule has 1 fully saturated rings.